The predicted molar refractivity (Wildman–Crippen MR) is 76.1 cm³/mol. The number of benzene rings is 2. The van der Waals surface area contributed by atoms with E-state index in [0.29, 0.717) is 6.54 Å². The van der Waals surface area contributed by atoms with Gasteiger partial charge in [-0.25, -0.2) is 5.43 Å². The molecule has 0 saturated carbocycles. The fraction of sp³-hybridized carbons (Fsp3) is 0.0769. The highest BCUT2D eigenvalue weighted by atomic mass is 79.9. The normalized spacial score (nSPS) is 10.2. The van der Waals surface area contributed by atoms with E-state index in [1.165, 1.54) is 0 Å². The van der Waals surface area contributed by atoms with Crippen molar-refractivity contribution in [1.29, 1.82) is 0 Å². The summed E-state index contributed by atoms with van der Waals surface area (Å²) in [4.78, 5) is 0. The molecule has 2 aromatic rings. The number of rotatable bonds is 4. The van der Waals surface area contributed by atoms with Crippen LogP contribution in [0.1, 0.15) is 5.56 Å². The van der Waals surface area contributed by atoms with E-state index in [-0.39, 0.29) is 0 Å². The van der Waals surface area contributed by atoms with Gasteiger partial charge in [0.05, 0.1) is 5.02 Å². The van der Waals surface area contributed by atoms with E-state index in [1.807, 2.05) is 48.5 Å². The van der Waals surface area contributed by atoms with Crippen molar-refractivity contribution in [2.75, 3.05) is 5.43 Å². The lowest BCUT2D eigenvalue weighted by molar-refractivity contribution is 0.801. The summed E-state index contributed by atoms with van der Waals surface area (Å²) in [5.41, 5.74) is 8.43. The Bertz CT molecular complexity index is 488. The Hall–Kier alpha value is -1.03. The average Bonchev–Trinajstić information content (AvgIpc) is 2.35. The molecular weight excluding hydrogens is 300 g/mol. The highest BCUT2D eigenvalue weighted by Crippen LogP contribution is 2.23. The summed E-state index contributed by atoms with van der Waals surface area (Å²) in [6.45, 7) is 0.710. The number of para-hydroxylation sites is 1. The molecule has 2 aromatic carbocycles. The number of hydrogen-bond acceptors (Lipinski definition) is 2. The predicted octanol–water partition coefficient (Wildman–Crippen LogP) is 4.22. The Balaban J connectivity index is 1.88. The molecule has 2 rings (SSSR count). The van der Waals surface area contributed by atoms with Gasteiger partial charge >= 0.3 is 0 Å². The van der Waals surface area contributed by atoms with Gasteiger partial charge in [-0.2, -0.15) is 0 Å². The first-order chi connectivity index (χ1) is 8.25. The number of nitrogens with one attached hydrogen (secondary N) is 2. The minimum atomic E-state index is 0.710. The van der Waals surface area contributed by atoms with E-state index in [2.05, 4.69) is 26.8 Å². The van der Waals surface area contributed by atoms with Gasteiger partial charge in [-0.1, -0.05) is 35.9 Å². The van der Waals surface area contributed by atoms with Crippen LogP contribution >= 0.6 is 27.5 Å². The summed E-state index contributed by atoms with van der Waals surface area (Å²) in [6.07, 6.45) is 0. The van der Waals surface area contributed by atoms with Crippen LogP contribution in [0.2, 0.25) is 5.02 Å². The molecule has 0 aliphatic heterocycles. The first-order valence-electron chi connectivity index (χ1n) is 5.23. The van der Waals surface area contributed by atoms with E-state index < -0.39 is 0 Å². The molecule has 0 amide bonds. The van der Waals surface area contributed by atoms with E-state index >= 15 is 0 Å². The molecule has 0 radical (unpaired) electrons. The SMILES string of the molecule is Clc1cc(CNNc2ccccc2)ccc1Br. The maximum absolute atomic E-state index is 6.01. The van der Waals surface area contributed by atoms with Crippen LogP contribution in [0, 0.1) is 0 Å². The summed E-state index contributed by atoms with van der Waals surface area (Å²) < 4.78 is 0.916. The highest BCUT2D eigenvalue weighted by Gasteiger charge is 1.98. The lowest BCUT2D eigenvalue weighted by Crippen LogP contribution is -2.20. The van der Waals surface area contributed by atoms with Crippen molar-refractivity contribution in [3.05, 3.63) is 63.6 Å². The quantitative estimate of drug-likeness (QED) is 0.826. The average molecular weight is 312 g/mol. The smallest absolute Gasteiger partial charge is 0.0551 e. The highest BCUT2D eigenvalue weighted by molar-refractivity contribution is 9.10. The van der Waals surface area contributed by atoms with Crippen molar-refractivity contribution in [2.24, 2.45) is 0 Å². The van der Waals surface area contributed by atoms with E-state index in [9.17, 15) is 0 Å². The van der Waals surface area contributed by atoms with Gasteiger partial charge in [0.2, 0.25) is 0 Å². The summed E-state index contributed by atoms with van der Waals surface area (Å²) >= 11 is 9.38. The summed E-state index contributed by atoms with van der Waals surface area (Å²) in [5, 5.41) is 0.726. The summed E-state index contributed by atoms with van der Waals surface area (Å²) in [5.74, 6) is 0. The lowest BCUT2D eigenvalue weighted by Gasteiger charge is -2.08. The molecule has 2 nitrogen and oxygen atoms in total. The summed E-state index contributed by atoms with van der Waals surface area (Å²) in [6, 6.07) is 15.9. The van der Waals surface area contributed by atoms with Crippen LogP contribution in [-0.4, -0.2) is 0 Å². The standard InChI is InChI=1S/C13H12BrClN2/c14-12-7-6-10(8-13(12)15)9-16-17-11-4-2-1-3-5-11/h1-8,16-17H,9H2. The number of anilines is 1. The fourth-order valence-electron chi connectivity index (χ4n) is 1.42. The van der Waals surface area contributed by atoms with Crippen molar-refractivity contribution in [3.8, 4) is 0 Å². The van der Waals surface area contributed by atoms with Gasteiger partial charge in [0, 0.05) is 16.7 Å². The Labute approximate surface area is 114 Å². The van der Waals surface area contributed by atoms with Gasteiger partial charge in [0.1, 0.15) is 0 Å². The molecule has 0 spiro atoms. The van der Waals surface area contributed by atoms with Gasteiger partial charge in [-0.05, 0) is 45.8 Å². The number of halogens is 2. The van der Waals surface area contributed by atoms with Crippen LogP contribution in [0.3, 0.4) is 0 Å². The topological polar surface area (TPSA) is 24.1 Å². The Kier molecular flexibility index (Phi) is 4.42. The zero-order valence-corrected chi connectivity index (χ0v) is 11.4. The van der Waals surface area contributed by atoms with E-state index in [4.69, 9.17) is 11.6 Å². The zero-order valence-electron chi connectivity index (χ0n) is 9.08. The largest absolute Gasteiger partial charge is 0.321 e. The molecule has 4 heteroatoms. The Morgan fingerprint density at radius 2 is 1.82 bits per heavy atom. The second kappa shape index (κ2) is 6.05. The van der Waals surface area contributed by atoms with Crippen molar-refractivity contribution >= 4 is 33.2 Å². The third-order valence-corrected chi connectivity index (χ3v) is 3.52. The van der Waals surface area contributed by atoms with Gasteiger partial charge in [-0.3, -0.25) is 0 Å². The van der Waals surface area contributed by atoms with Crippen LogP contribution in [0.25, 0.3) is 0 Å². The van der Waals surface area contributed by atoms with Crippen LogP contribution in [0.15, 0.2) is 53.0 Å². The molecular formula is C13H12BrClN2. The van der Waals surface area contributed by atoms with E-state index in [1.54, 1.807) is 0 Å². The van der Waals surface area contributed by atoms with Gasteiger partial charge < -0.3 is 5.43 Å². The fourth-order valence-corrected chi connectivity index (χ4v) is 1.87. The minimum absolute atomic E-state index is 0.710. The molecule has 0 atom stereocenters. The molecule has 0 aliphatic rings. The molecule has 0 heterocycles. The number of hydrazine groups is 1. The van der Waals surface area contributed by atoms with Gasteiger partial charge in [0.25, 0.3) is 0 Å². The van der Waals surface area contributed by atoms with E-state index in [0.717, 1.165) is 20.7 Å². The molecule has 0 aromatic heterocycles. The monoisotopic (exact) mass is 310 g/mol. The van der Waals surface area contributed by atoms with Crippen LogP contribution in [0.5, 0.6) is 0 Å². The van der Waals surface area contributed by atoms with Crippen LogP contribution in [0.4, 0.5) is 5.69 Å². The maximum Gasteiger partial charge on any atom is 0.0551 e. The van der Waals surface area contributed by atoms with Crippen molar-refractivity contribution in [2.45, 2.75) is 6.54 Å². The molecule has 0 unspecified atom stereocenters. The third kappa shape index (κ3) is 3.73. The third-order valence-electron chi connectivity index (χ3n) is 2.28. The molecule has 2 N–H and O–H groups in total. The van der Waals surface area contributed by atoms with Crippen LogP contribution < -0.4 is 10.9 Å². The van der Waals surface area contributed by atoms with Crippen LogP contribution in [-0.2, 0) is 6.54 Å². The second-order valence-corrected chi connectivity index (χ2v) is 4.85. The zero-order chi connectivity index (χ0) is 12.1. The molecule has 0 bridgehead atoms. The summed E-state index contributed by atoms with van der Waals surface area (Å²) in [7, 11) is 0. The van der Waals surface area contributed by atoms with Crippen molar-refractivity contribution in [3.63, 3.8) is 0 Å². The number of hydrogen-bond donors (Lipinski definition) is 2. The molecule has 0 fully saturated rings. The first kappa shape index (κ1) is 12.4. The Morgan fingerprint density at radius 3 is 2.53 bits per heavy atom. The maximum atomic E-state index is 6.01. The van der Waals surface area contributed by atoms with Crippen molar-refractivity contribution in [1.82, 2.24) is 5.43 Å². The Morgan fingerprint density at radius 1 is 1.06 bits per heavy atom. The first-order valence-corrected chi connectivity index (χ1v) is 6.40. The molecule has 0 saturated heterocycles. The molecule has 88 valence electrons. The molecule has 17 heavy (non-hydrogen) atoms. The van der Waals surface area contributed by atoms with Crippen molar-refractivity contribution < 1.29 is 0 Å². The second-order valence-electron chi connectivity index (χ2n) is 3.59. The van der Waals surface area contributed by atoms with Gasteiger partial charge in [0.15, 0.2) is 0 Å². The lowest BCUT2D eigenvalue weighted by atomic mass is 10.2. The molecule has 0 aliphatic carbocycles. The van der Waals surface area contributed by atoms with Gasteiger partial charge in [-0.15, -0.1) is 0 Å². The minimum Gasteiger partial charge on any atom is -0.321 e.